The lowest BCUT2D eigenvalue weighted by Crippen LogP contribution is -2.55. The third-order valence-electron chi connectivity index (χ3n) is 5.56. The standard InChI is InChI=1S/C22H22F6N2O/c1-14-11-16(21(23,24)25)12-17(22(26,27)28)18(14)19(31)29-20(9-6-10-30(2)13-20)15-7-4-3-5-8-15/h3-5,7-8,11-12H,6,9-10,13H2,1-2H3,(H,29,31). The summed E-state index contributed by atoms with van der Waals surface area (Å²) in [5.74, 6) is -1.04. The fraction of sp³-hybridized carbons (Fsp3) is 0.409. The molecule has 2 aromatic rings. The van der Waals surface area contributed by atoms with Gasteiger partial charge in [-0.15, -0.1) is 0 Å². The number of halogens is 6. The molecule has 9 heteroatoms. The number of hydrogen-bond acceptors (Lipinski definition) is 2. The Morgan fingerprint density at radius 1 is 1.03 bits per heavy atom. The van der Waals surface area contributed by atoms with E-state index in [1.54, 1.807) is 30.3 Å². The minimum atomic E-state index is -5.12. The number of nitrogens with zero attached hydrogens (tertiary/aromatic N) is 1. The number of likely N-dealkylation sites (tertiary alicyclic amines) is 1. The highest BCUT2D eigenvalue weighted by atomic mass is 19.4. The first kappa shape index (κ1) is 23.1. The SMILES string of the molecule is Cc1cc(C(F)(F)F)cc(C(F)(F)F)c1C(=O)NC1(c2ccccc2)CCCN(C)C1. The van der Waals surface area contributed by atoms with Gasteiger partial charge in [-0.3, -0.25) is 4.79 Å². The van der Waals surface area contributed by atoms with Crippen LogP contribution in [-0.4, -0.2) is 30.9 Å². The van der Waals surface area contributed by atoms with Gasteiger partial charge < -0.3 is 10.2 Å². The summed E-state index contributed by atoms with van der Waals surface area (Å²) in [4.78, 5) is 15.1. The summed E-state index contributed by atoms with van der Waals surface area (Å²) in [6, 6.07) is 9.46. The van der Waals surface area contributed by atoms with Crippen LogP contribution in [0.15, 0.2) is 42.5 Å². The topological polar surface area (TPSA) is 32.3 Å². The van der Waals surface area contributed by atoms with Crippen LogP contribution in [0.25, 0.3) is 0 Å². The summed E-state index contributed by atoms with van der Waals surface area (Å²) in [5.41, 5.74) is -4.43. The van der Waals surface area contributed by atoms with Crippen molar-refractivity contribution in [3.8, 4) is 0 Å². The molecular formula is C22H22F6N2O. The van der Waals surface area contributed by atoms with Crippen LogP contribution in [0.1, 0.15) is 45.5 Å². The molecule has 0 radical (unpaired) electrons. The van der Waals surface area contributed by atoms with Gasteiger partial charge in [-0.05, 0) is 56.6 Å². The molecule has 1 fully saturated rings. The smallest absolute Gasteiger partial charge is 0.341 e. The number of carbonyl (C=O) groups excluding carboxylic acids is 1. The van der Waals surface area contributed by atoms with E-state index in [1.165, 1.54) is 0 Å². The minimum Gasteiger partial charge on any atom is -0.341 e. The van der Waals surface area contributed by atoms with E-state index in [4.69, 9.17) is 0 Å². The molecule has 3 rings (SSSR count). The summed E-state index contributed by atoms with van der Waals surface area (Å²) in [6.07, 6.45) is -8.89. The second kappa shape index (κ2) is 8.18. The van der Waals surface area contributed by atoms with Crippen LogP contribution in [0.4, 0.5) is 26.3 Å². The Balaban J connectivity index is 2.09. The van der Waals surface area contributed by atoms with Gasteiger partial charge in [0.15, 0.2) is 0 Å². The van der Waals surface area contributed by atoms with Crippen LogP contribution in [0.3, 0.4) is 0 Å². The summed E-state index contributed by atoms with van der Waals surface area (Å²) in [6.45, 7) is 2.21. The molecule has 1 saturated heterocycles. The van der Waals surface area contributed by atoms with E-state index in [9.17, 15) is 31.1 Å². The number of hydrogen-bond donors (Lipinski definition) is 1. The summed E-state index contributed by atoms with van der Waals surface area (Å²) in [5, 5.41) is 2.75. The first-order chi connectivity index (χ1) is 14.3. The van der Waals surface area contributed by atoms with Gasteiger partial charge in [0.2, 0.25) is 0 Å². The zero-order valence-electron chi connectivity index (χ0n) is 17.0. The van der Waals surface area contributed by atoms with Gasteiger partial charge in [-0.2, -0.15) is 26.3 Å². The summed E-state index contributed by atoms with van der Waals surface area (Å²) < 4.78 is 80.3. The first-order valence-corrected chi connectivity index (χ1v) is 9.69. The molecule has 1 atom stereocenters. The predicted octanol–water partition coefficient (Wildman–Crippen LogP) is 5.38. The Bertz CT molecular complexity index is 955. The average molecular weight is 444 g/mol. The monoisotopic (exact) mass is 444 g/mol. The maximum atomic E-state index is 13.7. The molecule has 2 aromatic carbocycles. The van der Waals surface area contributed by atoms with Gasteiger partial charge in [0, 0.05) is 6.54 Å². The summed E-state index contributed by atoms with van der Waals surface area (Å²) >= 11 is 0. The van der Waals surface area contributed by atoms with E-state index in [-0.39, 0.29) is 11.6 Å². The number of benzene rings is 2. The van der Waals surface area contributed by atoms with E-state index in [2.05, 4.69) is 5.32 Å². The molecule has 1 aliphatic rings. The molecule has 1 unspecified atom stereocenters. The molecule has 0 bridgehead atoms. The Hall–Kier alpha value is -2.55. The van der Waals surface area contributed by atoms with Crippen molar-refractivity contribution in [1.82, 2.24) is 10.2 Å². The van der Waals surface area contributed by atoms with Gasteiger partial charge in [-0.25, -0.2) is 0 Å². The van der Waals surface area contributed by atoms with Gasteiger partial charge >= 0.3 is 12.4 Å². The molecule has 1 amide bonds. The second-order valence-electron chi connectivity index (χ2n) is 7.95. The van der Waals surface area contributed by atoms with Crippen molar-refractivity contribution in [2.24, 2.45) is 0 Å². The van der Waals surface area contributed by atoms with Gasteiger partial charge in [-0.1, -0.05) is 30.3 Å². The average Bonchev–Trinajstić information content (AvgIpc) is 2.66. The zero-order valence-corrected chi connectivity index (χ0v) is 17.0. The lowest BCUT2D eigenvalue weighted by molar-refractivity contribution is -0.143. The largest absolute Gasteiger partial charge is 0.417 e. The molecule has 0 spiro atoms. The van der Waals surface area contributed by atoms with E-state index in [0.717, 1.165) is 19.0 Å². The van der Waals surface area contributed by atoms with E-state index < -0.39 is 40.5 Å². The minimum absolute atomic E-state index is 0.00407. The van der Waals surface area contributed by atoms with Crippen LogP contribution in [0.5, 0.6) is 0 Å². The molecule has 1 heterocycles. The highest BCUT2D eigenvalue weighted by molar-refractivity contribution is 5.98. The first-order valence-electron chi connectivity index (χ1n) is 9.69. The van der Waals surface area contributed by atoms with Crippen molar-refractivity contribution >= 4 is 5.91 Å². The van der Waals surface area contributed by atoms with Gasteiger partial charge in [0.05, 0.1) is 22.2 Å². The zero-order chi connectivity index (χ0) is 23.0. The maximum absolute atomic E-state index is 13.7. The maximum Gasteiger partial charge on any atom is 0.417 e. The number of aryl methyl sites for hydroxylation is 1. The number of piperidine rings is 1. The lowest BCUT2D eigenvalue weighted by atomic mass is 9.81. The van der Waals surface area contributed by atoms with Crippen molar-refractivity contribution in [1.29, 1.82) is 0 Å². The van der Waals surface area contributed by atoms with Crippen molar-refractivity contribution in [3.63, 3.8) is 0 Å². The van der Waals surface area contributed by atoms with Crippen molar-refractivity contribution in [2.45, 2.75) is 37.7 Å². The van der Waals surface area contributed by atoms with Crippen molar-refractivity contribution in [3.05, 3.63) is 70.3 Å². The fourth-order valence-electron chi connectivity index (χ4n) is 4.19. The number of nitrogens with one attached hydrogen (secondary N) is 1. The Labute approximate surface area is 176 Å². The number of carbonyl (C=O) groups is 1. The molecule has 0 saturated carbocycles. The molecule has 0 aromatic heterocycles. The summed E-state index contributed by atoms with van der Waals surface area (Å²) in [7, 11) is 1.84. The fourth-order valence-corrected chi connectivity index (χ4v) is 4.19. The highest BCUT2D eigenvalue weighted by Crippen LogP contribution is 2.40. The van der Waals surface area contributed by atoms with Crippen LogP contribution < -0.4 is 5.32 Å². The van der Waals surface area contributed by atoms with Crippen LogP contribution in [-0.2, 0) is 17.9 Å². The Morgan fingerprint density at radius 2 is 1.68 bits per heavy atom. The molecular weight excluding hydrogens is 422 g/mol. The molecule has 0 aliphatic carbocycles. The van der Waals surface area contributed by atoms with Crippen LogP contribution in [0.2, 0.25) is 0 Å². The molecule has 3 nitrogen and oxygen atoms in total. The normalized spacial score (nSPS) is 20.5. The second-order valence-corrected chi connectivity index (χ2v) is 7.95. The number of likely N-dealkylation sites (N-methyl/N-ethyl adjacent to an activating group) is 1. The molecule has 168 valence electrons. The molecule has 1 N–H and O–H groups in total. The van der Waals surface area contributed by atoms with Crippen LogP contribution >= 0.6 is 0 Å². The predicted molar refractivity (Wildman–Crippen MR) is 104 cm³/mol. The highest BCUT2D eigenvalue weighted by Gasteiger charge is 2.43. The molecule has 31 heavy (non-hydrogen) atoms. The van der Waals surface area contributed by atoms with Gasteiger partial charge in [0.1, 0.15) is 0 Å². The number of rotatable bonds is 3. The van der Waals surface area contributed by atoms with Crippen LogP contribution in [0, 0.1) is 6.92 Å². The molecule has 1 aliphatic heterocycles. The quantitative estimate of drug-likeness (QED) is 0.645. The Morgan fingerprint density at radius 3 is 2.23 bits per heavy atom. The Kier molecular flexibility index (Phi) is 6.10. The number of amides is 1. The van der Waals surface area contributed by atoms with E-state index in [1.807, 2.05) is 11.9 Å². The van der Waals surface area contributed by atoms with Gasteiger partial charge in [0.25, 0.3) is 5.91 Å². The third-order valence-corrected chi connectivity index (χ3v) is 5.56. The number of alkyl halides is 6. The third kappa shape index (κ3) is 4.87. The van der Waals surface area contributed by atoms with E-state index in [0.29, 0.717) is 25.5 Å². The van der Waals surface area contributed by atoms with E-state index >= 15 is 0 Å². The van der Waals surface area contributed by atoms with Crippen molar-refractivity contribution < 1.29 is 31.1 Å². The lowest BCUT2D eigenvalue weighted by Gasteiger charge is -2.43. The van der Waals surface area contributed by atoms with Crippen molar-refractivity contribution in [2.75, 3.05) is 20.1 Å².